The van der Waals surface area contributed by atoms with Gasteiger partial charge in [0.05, 0.1) is 27.4 Å². The maximum Gasteiger partial charge on any atom is 0.422 e. The number of aliphatic hydroxyl groups is 1. The standard InChI is InChI=1S/C21H21Cl2F3N2O3S/c1-3-6-20(29,12-10-27-7-5-15(12)30-8-4-2)19-28-14-9-13(22)17(16(23)18(14)32-19)31-11-21(24,25)26/h5,7,9-10,29H,3-4,6,8,11H2,1-2H3. The van der Waals surface area contributed by atoms with E-state index in [9.17, 15) is 18.3 Å². The number of nitrogens with zero attached hydrogens (tertiary/aromatic N) is 2. The van der Waals surface area contributed by atoms with Gasteiger partial charge in [0.1, 0.15) is 21.4 Å². The van der Waals surface area contributed by atoms with E-state index in [-0.39, 0.29) is 15.8 Å². The van der Waals surface area contributed by atoms with Crippen LogP contribution in [0.5, 0.6) is 11.5 Å². The Hall–Kier alpha value is -1.81. The lowest BCUT2D eigenvalue weighted by Crippen LogP contribution is -2.28. The highest BCUT2D eigenvalue weighted by atomic mass is 35.5. The molecule has 32 heavy (non-hydrogen) atoms. The van der Waals surface area contributed by atoms with Gasteiger partial charge in [0.2, 0.25) is 0 Å². The van der Waals surface area contributed by atoms with E-state index in [0.717, 1.165) is 17.8 Å². The summed E-state index contributed by atoms with van der Waals surface area (Å²) in [5.41, 5.74) is -0.752. The fourth-order valence-corrected chi connectivity index (χ4v) is 4.97. The Bertz CT molecular complexity index is 1090. The summed E-state index contributed by atoms with van der Waals surface area (Å²) in [6, 6.07) is 3.05. The second-order valence-electron chi connectivity index (χ2n) is 7.10. The van der Waals surface area contributed by atoms with Crippen LogP contribution in [-0.2, 0) is 5.60 Å². The zero-order valence-electron chi connectivity index (χ0n) is 17.3. The molecule has 2 heterocycles. The molecule has 5 nitrogen and oxygen atoms in total. The Morgan fingerprint density at radius 1 is 1.16 bits per heavy atom. The molecule has 0 aliphatic rings. The molecule has 0 radical (unpaired) electrons. The van der Waals surface area contributed by atoms with E-state index >= 15 is 0 Å². The molecular formula is C21H21Cl2F3N2O3S. The predicted octanol–water partition coefficient (Wildman–Crippen LogP) is 6.76. The quantitative estimate of drug-likeness (QED) is 0.345. The summed E-state index contributed by atoms with van der Waals surface area (Å²) in [4.78, 5) is 8.65. The molecule has 1 atom stereocenters. The van der Waals surface area contributed by atoms with Crippen LogP contribution < -0.4 is 9.47 Å². The van der Waals surface area contributed by atoms with Gasteiger partial charge in [-0.3, -0.25) is 4.98 Å². The van der Waals surface area contributed by atoms with Crippen LogP contribution in [0.25, 0.3) is 10.2 Å². The van der Waals surface area contributed by atoms with Crippen molar-refractivity contribution in [3.63, 3.8) is 0 Å². The number of pyridine rings is 1. The Balaban J connectivity index is 2.11. The molecule has 174 valence electrons. The van der Waals surface area contributed by atoms with Crippen LogP contribution in [0.15, 0.2) is 24.5 Å². The maximum absolute atomic E-state index is 12.6. The fraction of sp³-hybridized carbons (Fsp3) is 0.429. The summed E-state index contributed by atoms with van der Waals surface area (Å²) >= 11 is 13.5. The first kappa shape index (κ1) is 24.8. The van der Waals surface area contributed by atoms with Gasteiger partial charge in [0.15, 0.2) is 12.4 Å². The fourth-order valence-electron chi connectivity index (χ4n) is 3.19. The topological polar surface area (TPSA) is 64.5 Å². The first-order valence-electron chi connectivity index (χ1n) is 9.89. The minimum Gasteiger partial charge on any atom is -0.493 e. The molecule has 11 heteroatoms. The lowest BCUT2D eigenvalue weighted by Gasteiger charge is -2.27. The predicted molar refractivity (Wildman–Crippen MR) is 119 cm³/mol. The Morgan fingerprint density at radius 2 is 1.91 bits per heavy atom. The SMILES string of the molecule is CCCOc1ccncc1C(O)(CCC)c1nc2cc(Cl)c(OCC(F)(F)F)c(Cl)c2s1. The molecule has 2 aromatic heterocycles. The average Bonchev–Trinajstić information content (AvgIpc) is 3.16. The highest BCUT2D eigenvalue weighted by Gasteiger charge is 2.38. The summed E-state index contributed by atoms with van der Waals surface area (Å²) in [6.07, 6.45) is 0.257. The van der Waals surface area contributed by atoms with Gasteiger partial charge < -0.3 is 14.6 Å². The molecule has 0 bridgehead atoms. The van der Waals surface area contributed by atoms with Crippen molar-refractivity contribution in [2.45, 2.75) is 44.9 Å². The first-order chi connectivity index (χ1) is 15.1. The van der Waals surface area contributed by atoms with Crippen molar-refractivity contribution in [3.8, 4) is 11.5 Å². The van der Waals surface area contributed by atoms with Crippen molar-refractivity contribution in [1.82, 2.24) is 9.97 Å². The van der Waals surface area contributed by atoms with Crippen molar-refractivity contribution in [3.05, 3.63) is 45.1 Å². The van der Waals surface area contributed by atoms with Gasteiger partial charge in [-0.25, -0.2) is 4.98 Å². The van der Waals surface area contributed by atoms with Crippen molar-refractivity contribution in [1.29, 1.82) is 0 Å². The number of hydrogen-bond donors (Lipinski definition) is 1. The smallest absolute Gasteiger partial charge is 0.422 e. The molecule has 0 aliphatic carbocycles. The van der Waals surface area contributed by atoms with Gasteiger partial charge >= 0.3 is 6.18 Å². The van der Waals surface area contributed by atoms with Crippen LogP contribution in [0.4, 0.5) is 13.2 Å². The van der Waals surface area contributed by atoms with Gasteiger partial charge in [-0.05, 0) is 25.0 Å². The highest BCUT2D eigenvalue weighted by Crippen LogP contribution is 2.47. The molecule has 1 aromatic carbocycles. The lowest BCUT2D eigenvalue weighted by molar-refractivity contribution is -0.153. The second-order valence-corrected chi connectivity index (χ2v) is 8.89. The van der Waals surface area contributed by atoms with Crippen molar-refractivity contribution in [2.24, 2.45) is 0 Å². The number of thiazole rings is 1. The van der Waals surface area contributed by atoms with Gasteiger partial charge in [0, 0.05) is 12.4 Å². The number of ether oxygens (including phenoxy) is 2. The lowest BCUT2D eigenvalue weighted by atomic mass is 9.90. The number of alkyl halides is 3. The van der Waals surface area contributed by atoms with E-state index in [4.69, 9.17) is 32.7 Å². The van der Waals surface area contributed by atoms with Crippen LogP contribution in [0.2, 0.25) is 10.0 Å². The molecule has 1 N–H and O–H groups in total. The van der Waals surface area contributed by atoms with E-state index in [1.807, 2.05) is 13.8 Å². The molecule has 0 amide bonds. The Kier molecular flexibility index (Phi) is 7.75. The molecule has 0 fully saturated rings. The number of hydrogen-bond acceptors (Lipinski definition) is 6. The maximum atomic E-state index is 12.6. The third kappa shape index (κ3) is 5.22. The Labute approximate surface area is 197 Å². The van der Waals surface area contributed by atoms with E-state index < -0.39 is 18.4 Å². The minimum atomic E-state index is -4.54. The number of benzene rings is 1. The first-order valence-corrected chi connectivity index (χ1v) is 11.5. The zero-order valence-corrected chi connectivity index (χ0v) is 19.6. The van der Waals surface area contributed by atoms with Gasteiger partial charge in [0.25, 0.3) is 0 Å². The molecular weight excluding hydrogens is 488 g/mol. The number of rotatable bonds is 9. The van der Waals surface area contributed by atoms with Crippen LogP contribution in [0.3, 0.4) is 0 Å². The number of fused-ring (bicyclic) bond motifs is 1. The molecule has 0 saturated carbocycles. The summed E-state index contributed by atoms with van der Waals surface area (Å²) in [7, 11) is 0. The molecule has 0 aliphatic heterocycles. The molecule has 0 saturated heterocycles. The van der Waals surface area contributed by atoms with Crippen LogP contribution in [0.1, 0.15) is 43.7 Å². The third-order valence-corrected chi connectivity index (χ3v) is 6.56. The highest BCUT2D eigenvalue weighted by molar-refractivity contribution is 7.19. The van der Waals surface area contributed by atoms with Crippen LogP contribution in [-0.4, -0.2) is 34.5 Å². The molecule has 3 aromatic rings. The summed E-state index contributed by atoms with van der Waals surface area (Å²) < 4.78 is 48.8. The molecule has 3 rings (SSSR count). The van der Waals surface area contributed by atoms with Crippen LogP contribution in [0, 0.1) is 0 Å². The van der Waals surface area contributed by atoms with Crippen molar-refractivity contribution in [2.75, 3.05) is 13.2 Å². The number of aromatic nitrogens is 2. The normalized spacial score (nSPS) is 13.9. The van der Waals surface area contributed by atoms with E-state index in [1.165, 1.54) is 12.3 Å². The van der Waals surface area contributed by atoms with E-state index in [2.05, 4.69) is 9.97 Å². The molecule has 1 unspecified atom stereocenters. The van der Waals surface area contributed by atoms with Gasteiger partial charge in [-0.1, -0.05) is 43.5 Å². The minimum absolute atomic E-state index is 0.0898. The average molecular weight is 509 g/mol. The zero-order chi connectivity index (χ0) is 23.5. The van der Waals surface area contributed by atoms with Crippen molar-refractivity contribution >= 4 is 44.8 Å². The largest absolute Gasteiger partial charge is 0.493 e. The summed E-state index contributed by atoms with van der Waals surface area (Å²) in [5, 5.41) is 11.9. The van der Waals surface area contributed by atoms with E-state index in [0.29, 0.717) is 46.0 Å². The molecule has 0 spiro atoms. The van der Waals surface area contributed by atoms with Gasteiger partial charge in [-0.2, -0.15) is 13.2 Å². The summed E-state index contributed by atoms with van der Waals surface area (Å²) in [5.74, 6) is 0.205. The monoisotopic (exact) mass is 508 g/mol. The van der Waals surface area contributed by atoms with E-state index in [1.54, 1.807) is 12.3 Å². The summed E-state index contributed by atoms with van der Waals surface area (Å²) in [6.45, 7) is 2.81. The van der Waals surface area contributed by atoms with Crippen LogP contribution >= 0.6 is 34.5 Å². The second kappa shape index (κ2) is 9.99. The van der Waals surface area contributed by atoms with Gasteiger partial charge in [-0.15, -0.1) is 11.3 Å². The Morgan fingerprint density at radius 3 is 2.56 bits per heavy atom. The third-order valence-electron chi connectivity index (χ3n) is 4.57. The van der Waals surface area contributed by atoms with Crippen molar-refractivity contribution < 1.29 is 27.8 Å². The number of halogens is 5.